The van der Waals surface area contributed by atoms with Gasteiger partial charge >= 0.3 is 11.4 Å². The van der Waals surface area contributed by atoms with Crippen molar-refractivity contribution < 1.29 is 19.1 Å². The van der Waals surface area contributed by atoms with Crippen LogP contribution in [-0.4, -0.2) is 30.9 Å². The van der Waals surface area contributed by atoms with Gasteiger partial charge in [-0.2, -0.15) is 0 Å². The number of para-hydroxylation sites is 1. The van der Waals surface area contributed by atoms with E-state index < -0.39 is 52.3 Å². The third kappa shape index (κ3) is 3.48. The maximum absolute atomic E-state index is 14.3. The number of hydrogen-bond acceptors (Lipinski definition) is 5. The summed E-state index contributed by atoms with van der Waals surface area (Å²) in [7, 11) is 0. The second-order valence-corrected chi connectivity index (χ2v) is 11.5. The molecule has 2 fully saturated rings. The van der Waals surface area contributed by atoms with Crippen LogP contribution in [0, 0.1) is 17.2 Å². The predicted octanol–water partition coefficient (Wildman–Crippen LogP) is 4.16. The van der Waals surface area contributed by atoms with Crippen molar-refractivity contribution in [1.29, 1.82) is 0 Å². The fourth-order valence-electron chi connectivity index (χ4n) is 6.99. The highest BCUT2D eigenvalue weighted by molar-refractivity contribution is 6.31. The zero-order chi connectivity index (χ0) is 29.5. The number of carbonyl (C=O) groups is 2. The lowest BCUT2D eigenvalue weighted by Gasteiger charge is -2.47. The van der Waals surface area contributed by atoms with E-state index in [1.165, 1.54) is 33.6 Å². The normalized spacial score (nSPS) is 24.7. The molecule has 9 nitrogen and oxygen atoms in total. The van der Waals surface area contributed by atoms with Gasteiger partial charge in [0.2, 0.25) is 11.8 Å². The lowest BCUT2D eigenvalue weighted by Crippen LogP contribution is -2.49. The van der Waals surface area contributed by atoms with Crippen LogP contribution in [0.1, 0.15) is 30.9 Å². The molecule has 1 saturated heterocycles. The summed E-state index contributed by atoms with van der Waals surface area (Å²) in [5.74, 6) is -3.18. The van der Waals surface area contributed by atoms with Gasteiger partial charge in [-0.1, -0.05) is 48.0 Å². The first-order valence-corrected chi connectivity index (χ1v) is 13.8. The number of imide groups is 1. The molecule has 3 aromatic carbocycles. The van der Waals surface area contributed by atoms with Gasteiger partial charge in [-0.05, 0) is 66.9 Å². The number of benzene rings is 3. The number of hydrogen-bond donors (Lipinski definition) is 1. The Labute approximate surface area is 243 Å². The molecule has 3 heterocycles. The fraction of sp³-hybridized carbons (Fsp3) is 0.226. The van der Waals surface area contributed by atoms with Gasteiger partial charge in [0.05, 0.1) is 40.3 Å². The number of nitrogens with zero attached hydrogens (tertiary/aromatic N) is 4. The Kier molecular flexibility index (Phi) is 5.71. The number of carbonyl (C=O) groups excluding carboxylic acids is 2. The summed E-state index contributed by atoms with van der Waals surface area (Å²) >= 11 is 6.03. The third-order valence-corrected chi connectivity index (χ3v) is 9.23. The van der Waals surface area contributed by atoms with Gasteiger partial charge in [-0.15, -0.1) is 0 Å². The van der Waals surface area contributed by atoms with E-state index in [4.69, 9.17) is 11.6 Å². The molecule has 7 rings (SSSR count). The fourth-order valence-corrected chi connectivity index (χ4v) is 7.17. The zero-order valence-corrected chi connectivity index (χ0v) is 23.0. The van der Waals surface area contributed by atoms with Crippen LogP contribution in [0.15, 0.2) is 94.0 Å². The average Bonchev–Trinajstić information content (AvgIpc) is 3.35. The second kappa shape index (κ2) is 9.15. The standard InChI is InChI=1S/C31H24ClFN4O5/c1-31-22(27(39)35(28(31)40)19-9-12-24(33)23(32)15-19)16-25-21(26(31)17-7-10-20(38)11-8-17)13-14-34-29(41)36(30(42)37(25)34)18-5-3-2-4-6-18/h2-13,15,22,25-26,38H,14,16H2,1H3/t22-,25+,26-,31+/m0/s1. The summed E-state index contributed by atoms with van der Waals surface area (Å²) in [5.41, 5.74) is -0.370. The number of phenols is 1. The minimum atomic E-state index is -1.29. The molecule has 0 bridgehead atoms. The van der Waals surface area contributed by atoms with Gasteiger partial charge < -0.3 is 5.11 Å². The Hall–Kier alpha value is -4.70. The highest BCUT2D eigenvalue weighted by Gasteiger charge is 2.65. The molecule has 0 radical (unpaired) electrons. The van der Waals surface area contributed by atoms with Crippen LogP contribution in [0.5, 0.6) is 5.75 Å². The first-order valence-electron chi connectivity index (χ1n) is 13.4. The number of phenolic OH excluding ortho intramolecular Hbond substituents is 1. The smallest absolute Gasteiger partial charge is 0.352 e. The van der Waals surface area contributed by atoms with Gasteiger partial charge in [-0.25, -0.2) is 32.8 Å². The number of allylic oxidation sites excluding steroid dienone is 2. The van der Waals surface area contributed by atoms with E-state index in [1.54, 1.807) is 49.4 Å². The molecule has 0 spiro atoms. The van der Waals surface area contributed by atoms with E-state index >= 15 is 0 Å². The molecule has 1 aromatic heterocycles. The highest BCUT2D eigenvalue weighted by atomic mass is 35.5. The lowest BCUT2D eigenvalue weighted by atomic mass is 9.56. The van der Waals surface area contributed by atoms with E-state index in [2.05, 4.69) is 0 Å². The van der Waals surface area contributed by atoms with Crippen molar-refractivity contribution in [1.82, 2.24) is 13.9 Å². The molecule has 1 aliphatic carbocycles. The molecular formula is C31H24ClFN4O5. The van der Waals surface area contributed by atoms with Crippen LogP contribution < -0.4 is 16.3 Å². The van der Waals surface area contributed by atoms with E-state index in [-0.39, 0.29) is 29.4 Å². The highest BCUT2D eigenvalue weighted by Crippen LogP contribution is 2.61. The molecule has 212 valence electrons. The van der Waals surface area contributed by atoms with Crippen LogP contribution in [0.3, 0.4) is 0 Å². The monoisotopic (exact) mass is 586 g/mol. The molecular weight excluding hydrogens is 563 g/mol. The van der Waals surface area contributed by atoms with Crippen LogP contribution in [0.2, 0.25) is 5.02 Å². The van der Waals surface area contributed by atoms with Crippen LogP contribution in [0.4, 0.5) is 10.1 Å². The summed E-state index contributed by atoms with van der Waals surface area (Å²) in [5, 5.41) is 9.78. The number of fused-ring (bicyclic) bond motifs is 4. The quantitative estimate of drug-likeness (QED) is 0.287. The van der Waals surface area contributed by atoms with Crippen LogP contribution >= 0.6 is 11.6 Å². The zero-order valence-electron chi connectivity index (χ0n) is 22.3. The lowest BCUT2D eigenvalue weighted by molar-refractivity contribution is -0.129. The number of halogens is 2. The molecule has 0 unspecified atom stereocenters. The first kappa shape index (κ1) is 26.2. The van der Waals surface area contributed by atoms with Crippen molar-refractivity contribution in [3.63, 3.8) is 0 Å². The number of aromatic nitrogens is 3. The minimum absolute atomic E-state index is 0.0341. The van der Waals surface area contributed by atoms with E-state index in [1.807, 2.05) is 6.08 Å². The summed E-state index contributed by atoms with van der Waals surface area (Å²) in [6.07, 6.45) is 1.94. The summed E-state index contributed by atoms with van der Waals surface area (Å²) < 4.78 is 17.9. The van der Waals surface area contributed by atoms with Gasteiger partial charge in [0.15, 0.2) is 0 Å². The van der Waals surface area contributed by atoms with Crippen molar-refractivity contribution in [2.75, 3.05) is 4.90 Å². The summed E-state index contributed by atoms with van der Waals surface area (Å²) in [6.45, 7) is 1.83. The second-order valence-electron chi connectivity index (χ2n) is 11.1. The van der Waals surface area contributed by atoms with Gasteiger partial charge in [0.25, 0.3) is 0 Å². The molecule has 2 aliphatic heterocycles. The maximum Gasteiger partial charge on any atom is 0.352 e. The Balaban J connectivity index is 1.43. The molecule has 42 heavy (non-hydrogen) atoms. The largest absolute Gasteiger partial charge is 0.508 e. The van der Waals surface area contributed by atoms with E-state index in [9.17, 15) is 28.7 Å². The number of rotatable bonds is 3. The minimum Gasteiger partial charge on any atom is -0.508 e. The summed E-state index contributed by atoms with van der Waals surface area (Å²) in [4.78, 5) is 56.8. The predicted molar refractivity (Wildman–Crippen MR) is 152 cm³/mol. The Morgan fingerprint density at radius 3 is 2.33 bits per heavy atom. The molecule has 1 saturated carbocycles. The Morgan fingerprint density at radius 1 is 0.929 bits per heavy atom. The SMILES string of the molecule is C[C@@]12C(=O)N(c3ccc(F)c(Cl)c3)C(=O)[C@@H]1C[C@@H]1C(=CCn3c(=O)n(-c4ccccc4)c(=O)n31)[C@@H]2c1ccc(O)cc1. The first-order chi connectivity index (χ1) is 20.1. The molecule has 2 amide bonds. The van der Waals surface area contributed by atoms with Crippen LogP contribution in [0.25, 0.3) is 5.69 Å². The van der Waals surface area contributed by atoms with E-state index in [0.29, 0.717) is 11.3 Å². The Bertz CT molecular complexity index is 1940. The molecule has 1 N–H and O–H groups in total. The van der Waals surface area contributed by atoms with E-state index in [0.717, 1.165) is 21.1 Å². The average molecular weight is 587 g/mol. The number of aromatic hydroxyl groups is 1. The van der Waals surface area contributed by atoms with Crippen molar-refractivity contribution >= 4 is 29.1 Å². The molecule has 11 heteroatoms. The van der Waals surface area contributed by atoms with Crippen molar-refractivity contribution in [3.8, 4) is 11.4 Å². The number of anilines is 1. The van der Waals surface area contributed by atoms with Crippen molar-refractivity contribution in [2.45, 2.75) is 31.8 Å². The van der Waals surface area contributed by atoms with Crippen molar-refractivity contribution in [2.24, 2.45) is 11.3 Å². The summed E-state index contributed by atoms with van der Waals surface area (Å²) in [6, 6.07) is 18.0. The molecule has 3 aliphatic rings. The van der Waals surface area contributed by atoms with Gasteiger partial charge in [0.1, 0.15) is 11.6 Å². The third-order valence-electron chi connectivity index (χ3n) is 8.94. The van der Waals surface area contributed by atoms with Gasteiger partial charge in [-0.3, -0.25) is 9.59 Å². The van der Waals surface area contributed by atoms with Crippen molar-refractivity contribution in [3.05, 3.63) is 122 Å². The molecule has 4 aromatic rings. The maximum atomic E-state index is 14.3. The van der Waals surface area contributed by atoms with Gasteiger partial charge in [0, 0.05) is 5.92 Å². The van der Waals surface area contributed by atoms with Crippen LogP contribution in [-0.2, 0) is 16.1 Å². The topological polar surface area (TPSA) is 107 Å². The number of amides is 2. The molecule has 4 atom stereocenters. The Morgan fingerprint density at radius 2 is 1.64 bits per heavy atom.